The molecule has 0 aliphatic rings. The highest BCUT2D eigenvalue weighted by Gasteiger charge is 2.21. The zero-order valence-corrected chi connectivity index (χ0v) is 16.7. The molecule has 0 bridgehead atoms. The van der Waals surface area contributed by atoms with E-state index in [1.807, 2.05) is 54.6 Å². The number of carbonyl (C=O) groups is 3. The summed E-state index contributed by atoms with van der Waals surface area (Å²) in [7, 11) is 0. The van der Waals surface area contributed by atoms with Crippen molar-refractivity contribution in [1.82, 2.24) is 0 Å². The van der Waals surface area contributed by atoms with Crippen LogP contribution in [-0.2, 0) is 11.2 Å². The van der Waals surface area contributed by atoms with E-state index in [1.54, 1.807) is 24.3 Å². The first-order valence-electron chi connectivity index (χ1n) is 10.0. The zero-order chi connectivity index (χ0) is 21.3. The van der Waals surface area contributed by atoms with Crippen LogP contribution >= 0.6 is 0 Å². The molecule has 30 heavy (non-hydrogen) atoms. The molecular formula is C26H24O4. The number of ketones is 1. The molecule has 0 spiro atoms. The van der Waals surface area contributed by atoms with Gasteiger partial charge in [-0.3, -0.25) is 14.4 Å². The Labute approximate surface area is 176 Å². The minimum Gasteiger partial charge on any atom is -0.481 e. The first kappa shape index (κ1) is 21.2. The number of Topliss-reactive ketones (excluding diaryl/α,β-unsaturated/α-hetero) is 1. The van der Waals surface area contributed by atoms with Crippen LogP contribution in [0, 0.1) is 5.92 Å². The Kier molecular flexibility index (Phi) is 7.28. The van der Waals surface area contributed by atoms with Gasteiger partial charge in [-0.25, -0.2) is 0 Å². The summed E-state index contributed by atoms with van der Waals surface area (Å²) in [5, 5.41) is 9.52. The summed E-state index contributed by atoms with van der Waals surface area (Å²) in [5.74, 6) is -1.77. The van der Waals surface area contributed by atoms with Crippen molar-refractivity contribution in [3.8, 4) is 11.1 Å². The quantitative estimate of drug-likeness (QED) is 0.362. The van der Waals surface area contributed by atoms with Gasteiger partial charge in [0.1, 0.15) is 6.29 Å². The maximum absolute atomic E-state index is 12.6. The van der Waals surface area contributed by atoms with Gasteiger partial charge in [-0.15, -0.1) is 0 Å². The number of benzene rings is 3. The van der Waals surface area contributed by atoms with Gasteiger partial charge in [0.2, 0.25) is 0 Å². The highest BCUT2D eigenvalue weighted by molar-refractivity contribution is 5.98. The second-order valence-electron chi connectivity index (χ2n) is 7.36. The van der Waals surface area contributed by atoms with E-state index in [2.05, 4.69) is 0 Å². The van der Waals surface area contributed by atoms with Crippen LogP contribution in [0.5, 0.6) is 0 Å². The van der Waals surface area contributed by atoms with Gasteiger partial charge in [0.25, 0.3) is 0 Å². The number of aldehydes is 1. The molecule has 4 nitrogen and oxygen atoms in total. The molecule has 0 saturated carbocycles. The lowest BCUT2D eigenvalue weighted by molar-refractivity contribution is -0.141. The Morgan fingerprint density at radius 1 is 0.833 bits per heavy atom. The molecule has 0 heterocycles. The highest BCUT2D eigenvalue weighted by atomic mass is 16.4. The van der Waals surface area contributed by atoms with Gasteiger partial charge in [-0.05, 0) is 36.0 Å². The molecule has 0 radical (unpaired) electrons. The number of aliphatic carboxylic acids is 1. The maximum atomic E-state index is 12.6. The van der Waals surface area contributed by atoms with E-state index >= 15 is 0 Å². The van der Waals surface area contributed by atoms with Gasteiger partial charge in [-0.2, -0.15) is 0 Å². The summed E-state index contributed by atoms with van der Waals surface area (Å²) in [6.07, 6.45) is 2.79. The molecule has 0 fully saturated rings. The topological polar surface area (TPSA) is 71.4 Å². The molecule has 152 valence electrons. The standard InChI is InChI=1S/C26H24O4/c27-18-20-9-11-21(12-10-20)22-13-15-23(16-14-22)25(28)17-24(26(29)30)8-4-7-19-5-2-1-3-6-19/h1-3,5-6,9-16,18,24H,4,7-8,17H2,(H,29,30). The fourth-order valence-corrected chi connectivity index (χ4v) is 3.45. The molecule has 3 rings (SSSR count). The third kappa shape index (κ3) is 5.74. The highest BCUT2D eigenvalue weighted by Crippen LogP contribution is 2.22. The van der Waals surface area contributed by atoms with Crippen LogP contribution in [0.3, 0.4) is 0 Å². The number of hydrogen-bond donors (Lipinski definition) is 1. The molecule has 1 atom stereocenters. The van der Waals surface area contributed by atoms with Crippen LogP contribution in [0.25, 0.3) is 11.1 Å². The predicted octanol–water partition coefficient (Wildman–Crippen LogP) is 5.46. The Morgan fingerprint density at radius 2 is 1.43 bits per heavy atom. The van der Waals surface area contributed by atoms with Crippen molar-refractivity contribution in [2.45, 2.75) is 25.7 Å². The molecule has 0 saturated heterocycles. The monoisotopic (exact) mass is 400 g/mol. The molecule has 4 heteroatoms. The van der Waals surface area contributed by atoms with E-state index in [0.29, 0.717) is 17.5 Å². The van der Waals surface area contributed by atoms with Crippen LogP contribution in [0.4, 0.5) is 0 Å². The fourth-order valence-electron chi connectivity index (χ4n) is 3.45. The third-order valence-corrected chi connectivity index (χ3v) is 5.23. The van der Waals surface area contributed by atoms with Gasteiger partial charge in [0.05, 0.1) is 5.92 Å². The van der Waals surface area contributed by atoms with Crippen molar-refractivity contribution in [3.63, 3.8) is 0 Å². The molecule has 1 unspecified atom stereocenters. The smallest absolute Gasteiger partial charge is 0.306 e. The molecule has 3 aromatic rings. The van der Waals surface area contributed by atoms with Crippen molar-refractivity contribution in [3.05, 3.63) is 95.6 Å². The van der Waals surface area contributed by atoms with Gasteiger partial charge in [0, 0.05) is 17.5 Å². The Morgan fingerprint density at radius 3 is 2.00 bits per heavy atom. The van der Waals surface area contributed by atoms with Crippen LogP contribution < -0.4 is 0 Å². The van der Waals surface area contributed by atoms with Crippen molar-refractivity contribution < 1.29 is 19.5 Å². The number of rotatable bonds is 10. The van der Waals surface area contributed by atoms with Crippen LogP contribution in [0.2, 0.25) is 0 Å². The normalized spacial score (nSPS) is 11.6. The van der Waals surface area contributed by atoms with E-state index < -0.39 is 11.9 Å². The minimum atomic E-state index is -0.928. The molecular weight excluding hydrogens is 376 g/mol. The van der Waals surface area contributed by atoms with Gasteiger partial charge < -0.3 is 5.11 Å². The number of hydrogen-bond acceptors (Lipinski definition) is 3. The fraction of sp³-hybridized carbons (Fsp3) is 0.192. The third-order valence-electron chi connectivity index (χ3n) is 5.23. The summed E-state index contributed by atoms with van der Waals surface area (Å²) in [6, 6.07) is 24.3. The molecule has 0 aliphatic heterocycles. The zero-order valence-electron chi connectivity index (χ0n) is 16.7. The molecule has 1 N–H and O–H groups in total. The molecule has 0 aromatic heterocycles. The van der Waals surface area contributed by atoms with Crippen molar-refractivity contribution in [1.29, 1.82) is 0 Å². The van der Waals surface area contributed by atoms with Gasteiger partial charge in [0.15, 0.2) is 5.78 Å². The lowest BCUT2D eigenvalue weighted by Gasteiger charge is -2.12. The predicted molar refractivity (Wildman–Crippen MR) is 117 cm³/mol. The van der Waals surface area contributed by atoms with E-state index in [0.717, 1.165) is 30.3 Å². The first-order chi connectivity index (χ1) is 14.6. The lowest BCUT2D eigenvalue weighted by Crippen LogP contribution is -2.18. The van der Waals surface area contributed by atoms with Crippen molar-refractivity contribution in [2.75, 3.05) is 0 Å². The van der Waals surface area contributed by atoms with Gasteiger partial charge >= 0.3 is 5.97 Å². The molecule has 0 aliphatic carbocycles. The van der Waals surface area contributed by atoms with Crippen LogP contribution in [-0.4, -0.2) is 23.1 Å². The summed E-state index contributed by atoms with van der Waals surface area (Å²) in [4.78, 5) is 35.0. The Balaban J connectivity index is 1.59. The van der Waals surface area contributed by atoms with E-state index in [-0.39, 0.29) is 12.2 Å². The van der Waals surface area contributed by atoms with E-state index in [1.165, 1.54) is 5.56 Å². The van der Waals surface area contributed by atoms with E-state index in [9.17, 15) is 19.5 Å². The summed E-state index contributed by atoms with van der Waals surface area (Å²) in [5.41, 5.74) is 4.17. The SMILES string of the molecule is O=Cc1ccc(-c2ccc(C(=O)CC(CCCc3ccccc3)C(=O)O)cc2)cc1. The maximum Gasteiger partial charge on any atom is 0.306 e. The second kappa shape index (κ2) is 10.3. The summed E-state index contributed by atoms with van der Waals surface area (Å²) < 4.78 is 0. The number of carboxylic acid groups (broad SMARTS) is 1. The number of carboxylic acids is 1. The lowest BCUT2D eigenvalue weighted by atomic mass is 9.92. The first-order valence-corrected chi connectivity index (χ1v) is 10.0. The number of carbonyl (C=O) groups excluding carboxylic acids is 2. The average Bonchev–Trinajstić information content (AvgIpc) is 2.79. The van der Waals surface area contributed by atoms with Crippen LogP contribution in [0.15, 0.2) is 78.9 Å². The van der Waals surface area contributed by atoms with Crippen molar-refractivity contribution in [2.24, 2.45) is 5.92 Å². The van der Waals surface area contributed by atoms with Crippen molar-refractivity contribution >= 4 is 18.0 Å². The molecule has 0 amide bonds. The minimum absolute atomic E-state index is 0.00248. The Hall–Kier alpha value is -3.53. The molecule has 3 aromatic carbocycles. The largest absolute Gasteiger partial charge is 0.481 e. The van der Waals surface area contributed by atoms with Crippen LogP contribution in [0.1, 0.15) is 45.5 Å². The Bertz CT molecular complexity index is 989. The summed E-state index contributed by atoms with van der Waals surface area (Å²) >= 11 is 0. The second-order valence-corrected chi connectivity index (χ2v) is 7.36. The number of aryl methyl sites for hydroxylation is 1. The van der Waals surface area contributed by atoms with E-state index in [4.69, 9.17) is 0 Å². The average molecular weight is 400 g/mol. The van der Waals surface area contributed by atoms with Gasteiger partial charge in [-0.1, -0.05) is 78.9 Å². The summed E-state index contributed by atoms with van der Waals surface area (Å²) in [6.45, 7) is 0.